The van der Waals surface area contributed by atoms with E-state index in [1.165, 1.54) is 5.69 Å². The number of hydrogen-bond acceptors (Lipinski definition) is 1. The Labute approximate surface area is 79.9 Å². The first kappa shape index (κ1) is 9.78. The van der Waals surface area contributed by atoms with Crippen molar-refractivity contribution in [2.75, 3.05) is 19.0 Å². The van der Waals surface area contributed by atoms with Crippen molar-refractivity contribution in [1.29, 1.82) is 0 Å². The summed E-state index contributed by atoms with van der Waals surface area (Å²) in [6, 6.07) is 10.3. The lowest BCUT2D eigenvalue weighted by atomic mass is 10.3. The molecule has 0 fully saturated rings. The predicted molar refractivity (Wildman–Crippen MR) is 58.5 cm³/mol. The lowest BCUT2D eigenvalue weighted by molar-refractivity contribution is 1.13. The Morgan fingerprint density at radius 1 is 1.31 bits per heavy atom. The van der Waals surface area contributed by atoms with Gasteiger partial charge in [-0.2, -0.15) is 0 Å². The molecule has 0 aliphatic heterocycles. The second kappa shape index (κ2) is 4.65. The number of para-hydroxylation sites is 1. The molecule has 2 heteroatoms. The van der Waals surface area contributed by atoms with Gasteiger partial charge in [0.05, 0.1) is 0 Å². The number of benzene rings is 1. The topological polar surface area (TPSA) is 15.6 Å². The van der Waals surface area contributed by atoms with Crippen LogP contribution in [-0.4, -0.2) is 19.9 Å². The Bertz CT molecular complexity index is 277. The Balaban J connectivity index is 2.85. The number of anilines is 1. The van der Waals surface area contributed by atoms with Gasteiger partial charge in [0, 0.05) is 26.2 Å². The van der Waals surface area contributed by atoms with Gasteiger partial charge in [0.25, 0.3) is 0 Å². The molecule has 0 aliphatic carbocycles. The number of hydrogen-bond donors (Lipinski definition) is 0. The zero-order valence-corrected chi connectivity index (χ0v) is 8.49. The second-order valence-corrected chi connectivity index (χ2v) is 2.89. The summed E-state index contributed by atoms with van der Waals surface area (Å²) in [4.78, 5) is 6.34. The maximum absolute atomic E-state index is 4.23. The minimum atomic E-state index is 0.960. The van der Waals surface area contributed by atoms with Gasteiger partial charge >= 0.3 is 0 Å². The summed E-state index contributed by atoms with van der Waals surface area (Å²) in [6.07, 6.45) is 0.960. The average molecular weight is 176 g/mol. The van der Waals surface area contributed by atoms with Crippen molar-refractivity contribution in [1.82, 2.24) is 0 Å². The third-order valence-electron chi connectivity index (χ3n) is 2.11. The van der Waals surface area contributed by atoms with Gasteiger partial charge in [0.2, 0.25) is 0 Å². The monoisotopic (exact) mass is 176 g/mol. The summed E-state index contributed by atoms with van der Waals surface area (Å²) in [5.74, 6) is 1.10. The van der Waals surface area contributed by atoms with Crippen molar-refractivity contribution >= 4 is 11.5 Å². The van der Waals surface area contributed by atoms with Crippen LogP contribution >= 0.6 is 0 Å². The van der Waals surface area contributed by atoms with Gasteiger partial charge < -0.3 is 4.90 Å². The summed E-state index contributed by atoms with van der Waals surface area (Å²) in [6.45, 7) is 2.11. The molecule has 1 rings (SSSR count). The van der Waals surface area contributed by atoms with Gasteiger partial charge in [-0.3, -0.25) is 4.99 Å². The summed E-state index contributed by atoms with van der Waals surface area (Å²) in [5.41, 5.74) is 1.19. The molecular formula is C11H16N2. The molecule has 0 bridgehead atoms. The maximum atomic E-state index is 4.23. The molecule has 0 saturated carbocycles. The summed E-state index contributed by atoms with van der Waals surface area (Å²) >= 11 is 0. The highest BCUT2D eigenvalue weighted by atomic mass is 15.2. The molecule has 0 spiro atoms. The Morgan fingerprint density at radius 3 is 2.38 bits per heavy atom. The fraction of sp³-hybridized carbons (Fsp3) is 0.364. The predicted octanol–water partition coefficient (Wildman–Crippen LogP) is 2.56. The molecule has 0 aliphatic rings. The Hall–Kier alpha value is -1.31. The van der Waals surface area contributed by atoms with Gasteiger partial charge in [-0.15, -0.1) is 0 Å². The number of nitrogens with zero attached hydrogens (tertiary/aromatic N) is 2. The third kappa shape index (κ3) is 2.31. The number of rotatable bonds is 2. The van der Waals surface area contributed by atoms with Gasteiger partial charge in [0.15, 0.2) is 0 Å². The molecule has 0 radical (unpaired) electrons. The molecule has 1 aromatic carbocycles. The fourth-order valence-electron chi connectivity index (χ4n) is 1.35. The molecule has 0 saturated heterocycles. The zero-order valence-electron chi connectivity index (χ0n) is 8.49. The first-order valence-corrected chi connectivity index (χ1v) is 4.54. The van der Waals surface area contributed by atoms with Gasteiger partial charge in [-0.1, -0.05) is 25.1 Å². The van der Waals surface area contributed by atoms with E-state index in [4.69, 9.17) is 0 Å². The van der Waals surface area contributed by atoms with Crippen LogP contribution in [0.3, 0.4) is 0 Å². The van der Waals surface area contributed by atoms with E-state index in [-0.39, 0.29) is 0 Å². The molecular weight excluding hydrogens is 160 g/mol. The molecule has 0 atom stereocenters. The fourth-order valence-corrected chi connectivity index (χ4v) is 1.35. The van der Waals surface area contributed by atoms with Gasteiger partial charge in [0.1, 0.15) is 5.84 Å². The first-order valence-electron chi connectivity index (χ1n) is 4.54. The Morgan fingerprint density at radius 2 is 1.92 bits per heavy atom. The molecule has 2 nitrogen and oxygen atoms in total. The van der Waals surface area contributed by atoms with Crippen molar-refractivity contribution in [3.8, 4) is 0 Å². The van der Waals surface area contributed by atoms with E-state index in [1.807, 2.05) is 32.3 Å². The van der Waals surface area contributed by atoms with Crippen molar-refractivity contribution in [3.05, 3.63) is 30.3 Å². The van der Waals surface area contributed by atoms with Gasteiger partial charge in [-0.25, -0.2) is 0 Å². The van der Waals surface area contributed by atoms with E-state index in [2.05, 4.69) is 28.9 Å². The highest BCUT2D eigenvalue weighted by molar-refractivity contribution is 5.96. The van der Waals surface area contributed by atoms with Crippen LogP contribution in [-0.2, 0) is 0 Å². The van der Waals surface area contributed by atoms with Crippen LogP contribution < -0.4 is 4.90 Å². The molecule has 0 unspecified atom stereocenters. The molecule has 0 heterocycles. The summed E-state index contributed by atoms with van der Waals surface area (Å²) < 4.78 is 0. The van der Waals surface area contributed by atoms with Crippen LogP contribution in [0.25, 0.3) is 0 Å². The lowest BCUT2D eigenvalue weighted by Crippen LogP contribution is -2.25. The minimum Gasteiger partial charge on any atom is -0.333 e. The summed E-state index contributed by atoms with van der Waals surface area (Å²) in [5, 5.41) is 0. The molecule has 0 amide bonds. The van der Waals surface area contributed by atoms with E-state index in [0.717, 1.165) is 12.3 Å². The minimum absolute atomic E-state index is 0.960. The average Bonchev–Trinajstić information content (AvgIpc) is 2.21. The van der Waals surface area contributed by atoms with Crippen LogP contribution in [0.1, 0.15) is 13.3 Å². The van der Waals surface area contributed by atoms with E-state index in [0.29, 0.717) is 0 Å². The molecule has 13 heavy (non-hydrogen) atoms. The van der Waals surface area contributed by atoms with Crippen LogP contribution in [0.15, 0.2) is 35.3 Å². The highest BCUT2D eigenvalue weighted by Crippen LogP contribution is 2.12. The summed E-state index contributed by atoms with van der Waals surface area (Å²) in [7, 11) is 3.87. The standard InChI is InChI=1S/C11H16N2/c1-4-11(12-2)13(3)10-8-6-5-7-9-10/h5-9H,4H2,1-3H3. The molecule has 0 N–H and O–H groups in total. The number of amidine groups is 1. The lowest BCUT2D eigenvalue weighted by Gasteiger charge is -2.19. The second-order valence-electron chi connectivity index (χ2n) is 2.89. The molecule has 70 valence electrons. The smallest absolute Gasteiger partial charge is 0.102 e. The SMILES string of the molecule is CCC(=NC)N(C)c1ccccc1. The Kier molecular flexibility index (Phi) is 3.50. The third-order valence-corrected chi connectivity index (χ3v) is 2.11. The number of aliphatic imine (C=N–C) groups is 1. The van der Waals surface area contributed by atoms with E-state index < -0.39 is 0 Å². The van der Waals surface area contributed by atoms with Gasteiger partial charge in [-0.05, 0) is 12.1 Å². The molecule has 1 aromatic rings. The highest BCUT2D eigenvalue weighted by Gasteiger charge is 2.03. The van der Waals surface area contributed by atoms with E-state index in [1.54, 1.807) is 0 Å². The van der Waals surface area contributed by atoms with Crippen molar-refractivity contribution in [3.63, 3.8) is 0 Å². The quantitative estimate of drug-likeness (QED) is 0.499. The van der Waals surface area contributed by atoms with Crippen molar-refractivity contribution in [2.24, 2.45) is 4.99 Å². The van der Waals surface area contributed by atoms with E-state index in [9.17, 15) is 0 Å². The van der Waals surface area contributed by atoms with Crippen LogP contribution in [0.2, 0.25) is 0 Å². The zero-order chi connectivity index (χ0) is 9.68. The first-order chi connectivity index (χ1) is 6.29. The molecule has 0 aromatic heterocycles. The van der Waals surface area contributed by atoms with Crippen LogP contribution in [0.4, 0.5) is 5.69 Å². The van der Waals surface area contributed by atoms with E-state index >= 15 is 0 Å². The van der Waals surface area contributed by atoms with Crippen molar-refractivity contribution < 1.29 is 0 Å². The van der Waals surface area contributed by atoms with Crippen LogP contribution in [0, 0.1) is 0 Å². The largest absolute Gasteiger partial charge is 0.333 e. The maximum Gasteiger partial charge on any atom is 0.102 e. The normalized spacial score (nSPS) is 11.5. The van der Waals surface area contributed by atoms with Crippen LogP contribution in [0.5, 0.6) is 0 Å². The van der Waals surface area contributed by atoms with Crippen molar-refractivity contribution in [2.45, 2.75) is 13.3 Å².